The van der Waals surface area contributed by atoms with E-state index in [1.807, 2.05) is 50.4 Å². The van der Waals surface area contributed by atoms with E-state index in [0.717, 1.165) is 90.3 Å². The molecule has 2 aliphatic rings. The van der Waals surface area contributed by atoms with E-state index in [1.54, 1.807) is 11.9 Å². The number of imidazole rings is 2. The lowest BCUT2D eigenvalue weighted by molar-refractivity contribution is -0.134. The first-order chi connectivity index (χ1) is 31.3. The second-order valence-corrected chi connectivity index (χ2v) is 17.2. The number of likely N-dealkylation sites (tertiary alicyclic amines) is 2. The van der Waals surface area contributed by atoms with Gasteiger partial charge in [-0.05, 0) is 110 Å². The third kappa shape index (κ3) is 13.1. The quantitative estimate of drug-likeness (QED) is 0.0440. The molecule has 4 unspecified atom stereocenters. The smallest absolute Gasteiger partial charge is 0.318 e. The second kappa shape index (κ2) is 23.0. The monoisotopic (exact) mass is 885 g/mol. The van der Waals surface area contributed by atoms with Crippen LogP contribution in [0.1, 0.15) is 82.2 Å². The summed E-state index contributed by atoms with van der Waals surface area (Å²) in [5.41, 5.74) is 7.18. The van der Waals surface area contributed by atoms with Gasteiger partial charge in [-0.15, -0.1) is 0 Å². The predicted molar refractivity (Wildman–Crippen MR) is 254 cm³/mol. The molecule has 344 valence electrons. The molecule has 0 aliphatic carbocycles. The average molecular weight is 886 g/mol. The van der Waals surface area contributed by atoms with Crippen molar-refractivity contribution in [2.45, 2.75) is 83.5 Å². The fourth-order valence-corrected chi connectivity index (χ4v) is 8.23. The zero-order valence-electron chi connectivity index (χ0n) is 38.0. The molecule has 3 amide bonds. The number of aliphatic carboxylic acids is 1. The highest BCUT2D eigenvalue weighted by Crippen LogP contribution is 2.33. The highest BCUT2D eigenvalue weighted by molar-refractivity contribution is 5.92. The number of nitrogens with one attached hydrogen (secondary N) is 5. The third-order valence-corrected chi connectivity index (χ3v) is 11.9. The zero-order valence-corrected chi connectivity index (χ0v) is 38.0. The lowest BCUT2D eigenvalue weighted by Crippen LogP contribution is -2.46. The number of fused-ring (bicyclic) bond motifs is 2. The van der Waals surface area contributed by atoms with Gasteiger partial charge in [0.2, 0.25) is 5.91 Å². The van der Waals surface area contributed by atoms with Crippen molar-refractivity contribution in [2.24, 2.45) is 5.92 Å². The number of amides is 3. The molecule has 15 heteroatoms. The number of urea groups is 1. The molecule has 4 heterocycles. The minimum atomic E-state index is -0.833. The molecule has 4 aromatic carbocycles. The van der Waals surface area contributed by atoms with Gasteiger partial charge in [-0.3, -0.25) is 14.5 Å². The molecule has 7 N–H and O–H groups in total. The van der Waals surface area contributed by atoms with Gasteiger partial charge >= 0.3 is 6.03 Å². The Morgan fingerprint density at radius 3 is 2.23 bits per heavy atom. The first kappa shape index (κ1) is 48.0. The molecule has 65 heavy (non-hydrogen) atoms. The van der Waals surface area contributed by atoms with Crippen LogP contribution in [0.2, 0.25) is 0 Å². The molecule has 0 radical (unpaired) electrons. The number of aliphatic hydroxyl groups is 1. The van der Waals surface area contributed by atoms with Gasteiger partial charge in [0.05, 0.1) is 41.1 Å². The van der Waals surface area contributed by atoms with Crippen molar-refractivity contribution in [1.82, 2.24) is 45.7 Å². The van der Waals surface area contributed by atoms with Crippen LogP contribution in [0.5, 0.6) is 0 Å². The van der Waals surface area contributed by atoms with Gasteiger partial charge in [-0.2, -0.15) is 0 Å². The summed E-state index contributed by atoms with van der Waals surface area (Å²) in [6.45, 7) is 7.44. The largest absolute Gasteiger partial charge is 0.481 e. The molecule has 4 atom stereocenters. The van der Waals surface area contributed by atoms with Crippen LogP contribution in [-0.2, 0) is 20.8 Å². The fourth-order valence-electron chi connectivity index (χ4n) is 8.23. The van der Waals surface area contributed by atoms with Gasteiger partial charge in [0.15, 0.2) is 0 Å². The Labute approximate surface area is 380 Å². The van der Waals surface area contributed by atoms with Gasteiger partial charge in [0.1, 0.15) is 24.0 Å². The summed E-state index contributed by atoms with van der Waals surface area (Å²) in [6.07, 6.45) is 7.55. The van der Waals surface area contributed by atoms with Gasteiger partial charge in [0, 0.05) is 38.5 Å². The summed E-state index contributed by atoms with van der Waals surface area (Å²) < 4.78 is 0. The van der Waals surface area contributed by atoms with Crippen LogP contribution in [0.15, 0.2) is 91.1 Å². The van der Waals surface area contributed by atoms with Crippen molar-refractivity contribution in [1.29, 1.82) is 0 Å². The molecule has 6 aromatic rings. The molecule has 0 bridgehead atoms. The molecular weight excluding hydrogens is 823 g/mol. The van der Waals surface area contributed by atoms with Crippen molar-refractivity contribution >= 4 is 46.0 Å². The summed E-state index contributed by atoms with van der Waals surface area (Å²) in [5.74, 6) is 1.28. The van der Waals surface area contributed by atoms with E-state index in [-0.39, 0.29) is 24.5 Å². The number of aliphatic hydroxyl groups excluding tert-OH is 1. The number of carbonyl (C=O) groups excluding carboxylic acids is 3. The molecule has 2 aliphatic heterocycles. The van der Waals surface area contributed by atoms with Crippen LogP contribution in [0.3, 0.4) is 0 Å². The van der Waals surface area contributed by atoms with Crippen LogP contribution >= 0.6 is 0 Å². The first-order valence-electron chi connectivity index (χ1n) is 22.5. The number of aryl methyl sites for hydroxylation is 1. The maximum atomic E-state index is 13.2. The normalized spacial score (nSPS) is 16.9. The molecule has 8 rings (SSSR count). The van der Waals surface area contributed by atoms with E-state index in [9.17, 15) is 19.5 Å². The van der Waals surface area contributed by atoms with Gasteiger partial charge in [-0.1, -0.05) is 74.5 Å². The number of H-pyrrole nitrogens is 2. The maximum Gasteiger partial charge on any atom is 0.318 e. The Hall–Kier alpha value is -6.42. The number of likely N-dealkylation sites (N-methyl/N-ethyl adjacent to an activating group) is 1. The van der Waals surface area contributed by atoms with Crippen molar-refractivity contribution in [3.63, 3.8) is 0 Å². The Morgan fingerprint density at radius 2 is 1.60 bits per heavy atom. The lowest BCUT2D eigenvalue weighted by atomic mass is 9.99. The number of aromatic nitrogens is 4. The number of aldehydes is 1. The summed E-state index contributed by atoms with van der Waals surface area (Å²) in [5, 5.41) is 28.3. The summed E-state index contributed by atoms with van der Waals surface area (Å²) in [7, 11) is 3.96. The number of carbonyl (C=O) groups is 4. The van der Waals surface area contributed by atoms with E-state index < -0.39 is 18.1 Å². The maximum absolute atomic E-state index is 13.2. The number of carboxylic acid groups (broad SMARTS) is 1. The summed E-state index contributed by atoms with van der Waals surface area (Å²) in [6, 6.07) is 28.1. The highest BCUT2D eigenvalue weighted by Gasteiger charge is 2.29. The SMILES string of the molecule is CC(=O)O.CN1CCCC1c1nc2ccc(-c3ccc4cc(-c5cnc(CCCCNC(=O)C(NC(=O)N6CCC(O)C6)c6ccccc6)[nH]5)ccc4c3)cc2[nH]1.CNC(C=O)C(C)C. The van der Waals surface area contributed by atoms with Crippen LogP contribution in [0.25, 0.3) is 44.2 Å². The van der Waals surface area contributed by atoms with Crippen molar-refractivity contribution < 1.29 is 29.4 Å². The number of hydrogen-bond donors (Lipinski definition) is 7. The Bertz CT molecular complexity index is 2520. The number of hydrogen-bond acceptors (Lipinski definition) is 9. The molecule has 2 saturated heterocycles. The Balaban J connectivity index is 0.000000517. The number of benzene rings is 4. The minimum Gasteiger partial charge on any atom is -0.481 e. The molecule has 2 aromatic heterocycles. The number of nitrogens with zero attached hydrogens (tertiary/aromatic N) is 4. The van der Waals surface area contributed by atoms with Crippen LogP contribution in [0.4, 0.5) is 4.79 Å². The van der Waals surface area contributed by atoms with E-state index >= 15 is 0 Å². The highest BCUT2D eigenvalue weighted by atomic mass is 16.4. The molecule has 0 saturated carbocycles. The first-order valence-corrected chi connectivity index (χ1v) is 22.5. The lowest BCUT2D eigenvalue weighted by Gasteiger charge is -2.23. The minimum absolute atomic E-state index is 0.0231. The number of carboxylic acids is 1. The van der Waals surface area contributed by atoms with Crippen molar-refractivity contribution in [2.75, 3.05) is 40.3 Å². The van der Waals surface area contributed by atoms with Gasteiger partial charge < -0.3 is 45.8 Å². The van der Waals surface area contributed by atoms with Crippen LogP contribution in [-0.4, -0.2) is 117 Å². The van der Waals surface area contributed by atoms with E-state index in [2.05, 4.69) is 97.4 Å². The van der Waals surface area contributed by atoms with E-state index in [0.29, 0.717) is 37.0 Å². The standard InChI is InChI=1S/C42H46N8O3.C6H13NO.C2H4O2/c1-49-20-7-10-37(49)40-46-34-17-16-31(24-35(34)47-40)29-12-13-30-23-32(15-14-28(30)22-29)36-25-44-38(45-36)11-5-6-19-43-41(52)39(27-8-3-2-4-9-27)48-42(53)50-21-18-33(51)26-50;1-5(2)6(4-8)7-3;1-2(3)4/h2-4,8-9,12-17,22-25,33,37,39,51H,5-7,10-11,18-21,26H2,1H3,(H,43,52)(H,44,45)(H,46,47)(H,48,53);4-7H,1-3H3;1H3,(H,3,4). The Morgan fingerprint density at radius 1 is 0.908 bits per heavy atom. The average Bonchev–Trinajstić information content (AvgIpc) is 4.13. The molecule has 0 spiro atoms. The van der Waals surface area contributed by atoms with Crippen molar-refractivity contribution in [3.8, 4) is 22.4 Å². The summed E-state index contributed by atoms with van der Waals surface area (Å²) >= 11 is 0. The topological polar surface area (TPSA) is 209 Å². The molecular formula is C50H63N9O6. The van der Waals surface area contributed by atoms with Gasteiger partial charge in [-0.25, -0.2) is 14.8 Å². The predicted octanol–water partition coefficient (Wildman–Crippen LogP) is 7.02. The van der Waals surface area contributed by atoms with Crippen molar-refractivity contribution in [3.05, 3.63) is 108 Å². The van der Waals surface area contributed by atoms with Gasteiger partial charge in [0.25, 0.3) is 5.97 Å². The Kier molecular flexibility index (Phi) is 17.0. The summed E-state index contributed by atoms with van der Waals surface area (Å²) in [4.78, 5) is 65.7. The second-order valence-electron chi connectivity index (χ2n) is 17.2. The van der Waals surface area contributed by atoms with Crippen LogP contribution < -0.4 is 16.0 Å². The number of aromatic amines is 2. The third-order valence-electron chi connectivity index (χ3n) is 11.9. The fraction of sp³-hybridized carbons (Fsp3) is 0.400. The molecule has 2 fully saturated rings. The number of rotatable bonds is 14. The van der Waals surface area contributed by atoms with Crippen LogP contribution in [0, 0.1) is 5.92 Å². The van der Waals surface area contributed by atoms with E-state index in [1.165, 1.54) is 17.4 Å². The zero-order chi connectivity index (χ0) is 46.5. The molecule has 15 nitrogen and oxygen atoms in total. The van der Waals surface area contributed by atoms with E-state index in [4.69, 9.17) is 14.9 Å². The number of β-amino-alcohol motifs (C(OH)–C–C–N with tert-alkyl or cyclic N) is 1. The number of unbranched alkanes of at least 4 members (excludes halogenated alkanes) is 1.